The lowest BCUT2D eigenvalue weighted by Crippen LogP contribution is -2.58. The van der Waals surface area contributed by atoms with E-state index in [9.17, 15) is 24.3 Å². The topological polar surface area (TPSA) is 215 Å². The van der Waals surface area contributed by atoms with E-state index in [2.05, 4.69) is 20.9 Å². The van der Waals surface area contributed by atoms with E-state index in [1.807, 2.05) is 44.2 Å². The number of aliphatic carboxylic acids is 1. The first-order valence-corrected chi connectivity index (χ1v) is 12.9. The zero-order valence-corrected chi connectivity index (χ0v) is 22.6. The summed E-state index contributed by atoms with van der Waals surface area (Å²) in [5.41, 5.74) is 17.6. The Morgan fingerprint density at radius 1 is 0.921 bits per heavy atom. The van der Waals surface area contributed by atoms with Gasteiger partial charge in [0.15, 0.2) is 5.96 Å². The van der Waals surface area contributed by atoms with Gasteiger partial charge in [0.1, 0.15) is 18.1 Å². The Morgan fingerprint density at radius 2 is 1.50 bits per heavy atom. The molecule has 12 nitrogen and oxygen atoms in total. The monoisotopic (exact) mass is 533 g/mol. The van der Waals surface area contributed by atoms with Crippen LogP contribution in [0.15, 0.2) is 35.3 Å². The van der Waals surface area contributed by atoms with Crippen LogP contribution in [0.5, 0.6) is 0 Å². The van der Waals surface area contributed by atoms with Crippen LogP contribution < -0.4 is 33.2 Å². The summed E-state index contributed by atoms with van der Waals surface area (Å²) in [6, 6.07) is 5.04. The Kier molecular flexibility index (Phi) is 13.8. The van der Waals surface area contributed by atoms with Crippen molar-refractivity contribution in [3.8, 4) is 0 Å². The lowest BCUT2D eigenvalue weighted by Gasteiger charge is -2.27. The summed E-state index contributed by atoms with van der Waals surface area (Å²) in [5, 5.41) is 17.4. The molecule has 1 aromatic rings. The molecule has 0 aromatic heterocycles. The molecular weight excluding hydrogens is 490 g/mol. The van der Waals surface area contributed by atoms with Crippen molar-refractivity contribution in [1.82, 2.24) is 16.0 Å². The molecule has 0 saturated carbocycles. The molecule has 5 atom stereocenters. The number of nitrogens with one attached hydrogen (secondary N) is 3. The molecule has 0 spiro atoms. The van der Waals surface area contributed by atoms with Gasteiger partial charge in [0.05, 0.1) is 6.04 Å². The Bertz CT molecular complexity index is 951. The molecule has 212 valence electrons. The van der Waals surface area contributed by atoms with Gasteiger partial charge in [-0.2, -0.15) is 0 Å². The normalized spacial score (nSPS) is 14.9. The third-order valence-electron chi connectivity index (χ3n) is 6.28. The van der Waals surface area contributed by atoms with E-state index in [0.717, 1.165) is 5.56 Å². The van der Waals surface area contributed by atoms with Crippen molar-refractivity contribution in [3.05, 3.63) is 35.9 Å². The van der Waals surface area contributed by atoms with E-state index in [1.165, 1.54) is 0 Å². The third-order valence-corrected chi connectivity index (χ3v) is 6.28. The summed E-state index contributed by atoms with van der Waals surface area (Å²) in [5.74, 6) is -3.52. The molecule has 10 N–H and O–H groups in total. The third kappa shape index (κ3) is 11.2. The van der Waals surface area contributed by atoms with Crippen molar-refractivity contribution < 1.29 is 24.3 Å². The van der Waals surface area contributed by atoms with Gasteiger partial charge in [0.2, 0.25) is 17.7 Å². The van der Waals surface area contributed by atoms with E-state index in [1.54, 1.807) is 13.8 Å². The van der Waals surface area contributed by atoms with Gasteiger partial charge in [-0.25, -0.2) is 4.79 Å². The van der Waals surface area contributed by atoms with Crippen molar-refractivity contribution in [2.75, 3.05) is 6.54 Å². The van der Waals surface area contributed by atoms with Gasteiger partial charge in [-0.05, 0) is 30.2 Å². The van der Waals surface area contributed by atoms with Gasteiger partial charge < -0.3 is 38.3 Å². The Balaban J connectivity index is 3.17. The van der Waals surface area contributed by atoms with E-state index in [0.29, 0.717) is 12.8 Å². The first-order chi connectivity index (χ1) is 17.9. The number of benzene rings is 1. The number of nitrogens with two attached hydrogens (primary N) is 3. The highest BCUT2D eigenvalue weighted by Crippen LogP contribution is 2.10. The van der Waals surface area contributed by atoms with Crippen LogP contribution in [0, 0.1) is 11.8 Å². The Labute approximate surface area is 224 Å². The minimum Gasteiger partial charge on any atom is -0.480 e. The number of carbonyl (C=O) groups is 4. The SMILES string of the molecule is CCC(C)C(N)C(=O)NC(Cc1ccccc1)C(=O)NC(CCCN=C(N)N)C(=O)NC(C(=O)O)C(C)C. The Morgan fingerprint density at radius 3 is 2.03 bits per heavy atom. The van der Waals surface area contributed by atoms with Gasteiger partial charge in [0, 0.05) is 13.0 Å². The number of rotatable bonds is 16. The van der Waals surface area contributed by atoms with E-state index >= 15 is 0 Å². The Hall–Kier alpha value is -3.67. The molecule has 3 amide bonds. The summed E-state index contributed by atoms with van der Waals surface area (Å²) in [6.45, 7) is 7.30. The highest BCUT2D eigenvalue weighted by Gasteiger charge is 2.31. The fourth-order valence-corrected chi connectivity index (χ4v) is 3.65. The maximum absolute atomic E-state index is 13.4. The summed E-state index contributed by atoms with van der Waals surface area (Å²) >= 11 is 0. The molecule has 0 aliphatic carbocycles. The van der Waals surface area contributed by atoms with Gasteiger partial charge in [0.25, 0.3) is 0 Å². The zero-order valence-electron chi connectivity index (χ0n) is 22.6. The van der Waals surface area contributed by atoms with Crippen LogP contribution in [-0.2, 0) is 25.6 Å². The molecular formula is C26H43N7O5. The largest absolute Gasteiger partial charge is 0.480 e. The van der Waals surface area contributed by atoms with Crippen molar-refractivity contribution in [3.63, 3.8) is 0 Å². The lowest BCUT2D eigenvalue weighted by atomic mass is 9.98. The minimum atomic E-state index is -1.19. The first kappa shape index (κ1) is 32.4. The van der Waals surface area contributed by atoms with Crippen LogP contribution in [-0.4, -0.2) is 65.5 Å². The zero-order chi connectivity index (χ0) is 28.8. The summed E-state index contributed by atoms with van der Waals surface area (Å²) in [6.07, 6.45) is 1.32. The predicted octanol–water partition coefficient (Wildman–Crippen LogP) is -0.149. The van der Waals surface area contributed by atoms with E-state index in [-0.39, 0.29) is 37.2 Å². The number of nitrogens with zero attached hydrogens (tertiary/aromatic N) is 1. The van der Waals surface area contributed by atoms with Gasteiger partial charge in [-0.3, -0.25) is 19.4 Å². The molecule has 12 heteroatoms. The molecule has 0 saturated heterocycles. The molecule has 0 bridgehead atoms. The minimum absolute atomic E-state index is 0.103. The highest BCUT2D eigenvalue weighted by molar-refractivity contribution is 5.94. The second-order valence-electron chi connectivity index (χ2n) is 9.74. The smallest absolute Gasteiger partial charge is 0.326 e. The molecule has 1 aromatic carbocycles. The maximum atomic E-state index is 13.4. The predicted molar refractivity (Wildman–Crippen MR) is 146 cm³/mol. The fraction of sp³-hybridized carbons (Fsp3) is 0.577. The maximum Gasteiger partial charge on any atom is 0.326 e. The van der Waals surface area contributed by atoms with Gasteiger partial charge >= 0.3 is 5.97 Å². The number of aliphatic imine (C=N–C) groups is 1. The summed E-state index contributed by atoms with van der Waals surface area (Å²) in [4.78, 5) is 54.9. The summed E-state index contributed by atoms with van der Waals surface area (Å²) < 4.78 is 0. The van der Waals surface area contributed by atoms with Crippen LogP contribution in [0.25, 0.3) is 0 Å². The molecule has 0 aliphatic heterocycles. The average molecular weight is 534 g/mol. The van der Waals surface area contributed by atoms with Gasteiger partial charge in [-0.1, -0.05) is 64.4 Å². The second kappa shape index (κ2) is 16.2. The van der Waals surface area contributed by atoms with E-state index < -0.39 is 47.9 Å². The molecule has 5 unspecified atom stereocenters. The molecule has 38 heavy (non-hydrogen) atoms. The summed E-state index contributed by atoms with van der Waals surface area (Å²) in [7, 11) is 0. The van der Waals surface area contributed by atoms with Crippen molar-refractivity contribution in [1.29, 1.82) is 0 Å². The molecule has 1 rings (SSSR count). The van der Waals surface area contributed by atoms with Crippen molar-refractivity contribution in [2.24, 2.45) is 34.0 Å². The average Bonchev–Trinajstić information content (AvgIpc) is 2.87. The number of hydrogen-bond acceptors (Lipinski definition) is 6. The van der Waals surface area contributed by atoms with Crippen molar-refractivity contribution in [2.45, 2.75) is 77.5 Å². The van der Waals surface area contributed by atoms with Crippen LogP contribution in [0.3, 0.4) is 0 Å². The van der Waals surface area contributed by atoms with Gasteiger partial charge in [-0.15, -0.1) is 0 Å². The fourth-order valence-electron chi connectivity index (χ4n) is 3.65. The van der Waals surface area contributed by atoms with Crippen LogP contribution >= 0.6 is 0 Å². The first-order valence-electron chi connectivity index (χ1n) is 12.9. The molecule has 0 radical (unpaired) electrons. The van der Waals surface area contributed by atoms with Crippen LogP contribution in [0.4, 0.5) is 0 Å². The number of amides is 3. The second-order valence-corrected chi connectivity index (χ2v) is 9.74. The number of carboxylic acid groups (broad SMARTS) is 1. The number of carbonyl (C=O) groups excluding carboxylic acids is 3. The standard InChI is InChI=1S/C26H43N7O5/c1-5-16(4)20(27)24(36)32-19(14-17-10-7-6-8-11-17)23(35)31-18(12-9-13-30-26(28)29)22(34)33-21(15(2)3)25(37)38/h6-8,10-11,15-16,18-21H,5,9,12-14,27H2,1-4H3,(H,31,35)(H,32,36)(H,33,34)(H,37,38)(H4,28,29,30). The lowest BCUT2D eigenvalue weighted by molar-refractivity contribution is -0.143. The molecule has 0 aliphatic rings. The van der Waals surface area contributed by atoms with E-state index in [4.69, 9.17) is 17.2 Å². The van der Waals surface area contributed by atoms with Crippen LogP contribution in [0.1, 0.15) is 52.5 Å². The number of carboxylic acids is 1. The van der Waals surface area contributed by atoms with Crippen LogP contribution in [0.2, 0.25) is 0 Å². The number of hydrogen-bond donors (Lipinski definition) is 7. The highest BCUT2D eigenvalue weighted by atomic mass is 16.4. The van der Waals surface area contributed by atoms with Crippen molar-refractivity contribution >= 4 is 29.7 Å². The number of guanidine groups is 1. The molecule has 0 fully saturated rings. The quantitative estimate of drug-likeness (QED) is 0.0859. The molecule has 0 heterocycles.